The molecule has 0 bridgehead atoms. The highest BCUT2D eigenvalue weighted by molar-refractivity contribution is 5.89. The standard InChI is InChI=1S/C21H21NO4/c1-2-25-20(23)17-13-11-16(12-14-17)8-4-3-7-15-22-18-9-5-6-10-19(18)26-21(22)24/h3-6,9-14H,2,7-8,15H2,1H3/b4-3+. The molecule has 0 spiro atoms. The Hall–Kier alpha value is -3.08. The third-order valence-electron chi connectivity index (χ3n) is 4.08. The van der Waals surface area contributed by atoms with Crippen LogP contribution in [-0.4, -0.2) is 17.1 Å². The Morgan fingerprint density at radius 1 is 1.12 bits per heavy atom. The lowest BCUT2D eigenvalue weighted by atomic mass is 10.1. The summed E-state index contributed by atoms with van der Waals surface area (Å²) in [6, 6.07) is 14.8. The lowest BCUT2D eigenvalue weighted by Crippen LogP contribution is -2.13. The summed E-state index contributed by atoms with van der Waals surface area (Å²) in [4.78, 5) is 23.5. The Morgan fingerprint density at radius 2 is 1.88 bits per heavy atom. The van der Waals surface area contributed by atoms with Crippen LogP contribution in [0.3, 0.4) is 0 Å². The number of oxazole rings is 1. The van der Waals surface area contributed by atoms with Gasteiger partial charge in [0.15, 0.2) is 5.58 Å². The van der Waals surface area contributed by atoms with Gasteiger partial charge in [0.2, 0.25) is 0 Å². The van der Waals surface area contributed by atoms with Crippen LogP contribution in [0.2, 0.25) is 0 Å². The molecule has 0 aliphatic heterocycles. The number of aromatic nitrogens is 1. The van der Waals surface area contributed by atoms with Crippen LogP contribution in [-0.2, 0) is 17.7 Å². The maximum absolute atomic E-state index is 11.9. The largest absolute Gasteiger partial charge is 0.462 e. The van der Waals surface area contributed by atoms with E-state index in [0.717, 1.165) is 23.9 Å². The minimum Gasteiger partial charge on any atom is -0.462 e. The van der Waals surface area contributed by atoms with Gasteiger partial charge in [0, 0.05) is 6.54 Å². The van der Waals surface area contributed by atoms with E-state index in [1.54, 1.807) is 29.7 Å². The molecule has 0 unspecified atom stereocenters. The van der Waals surface area contributed by atoms with E-state index < -0.39 is 0 Å². The van der Waals surface area contributed by atoms with Gasteiger partial charge >= 0.3 is 11.7 Å². The summed E-state index contributed by atoms with van der Waals surface area (Å²) >= 11 is 0. The Labute approximate surface area is 151 Å². The zero-order valence-corrected chi connectivity index (χ0v) is 14.7. The molecule has 0 radical (unpaired) electrons. The van der Waals surface area contributed by atoms with Gasteiger partial charge in [-0.2, -0.15) is 0 Å². The molecule has 3 rings (SSSR count). The third-order valence-corrected chi connectivity index (χ3v) is 4.08. The number of para-hydroxylation sites is 2. The van der Waals surface area contributed by atoms with Gasteiger partial charge in [0.05, 0.1) is 17.7 Å². The zero-order chi connectivity index (χ0) is 18.4. The van der Waals surface area contributed by atoms with Crippen molar-refractivity contribution >= 4 is 17.1 Å². The van der Waals surface area contributed by atoms with Gasteiger partial charge < -0.3 is 9.15 Å². The average molecular weight is 351 g/mol. The van der Waals surface area contributed by atoms with E-state index in [-0.39, 0.29) is 11.7 Å². The maximum Gasteiger partial charge on any atom is 0.419 e. The van der Waals surface area contributed by atoms with Crippen molar-refractivity contribution < 1.29 is 13.9 Å². The first kappa shape index (κ1) is 17.7. The fourth-order valence-corrected chi connectivity index (χ4v) is 2.76. The van der Waals surface area contributed by atoms with E-state index in [4.69, 9.17) is 9.15 Å². The molecule has 0 saturated heterocycles. The predicted octanol–water partition coefficient (Wildman–Crippen LogP) is 3.96. The van der Waals surface area contributed by atoms with E-state index in [2.05, 4.69) is 6.08 Å². The average Bonchev–Trinajstić information content (AvgIpc) is 2.97. The molecular formula is C21H21NO4. The van der Waals surface area contributed by atoms with E-state index in [1.807, 2.05) is 36.4 Å². The van der Waals surface area contributed by atoms with Gasteiger partial charge in [-0.3, -0.25) is 4.57 Å². The van der Waals surface area contributed by atoms with Crippen LogP contribution in [0.15, 0.2) is 69.9 Å². The molecule has 0 aliphatic carbocycles. The zero-order valence-electron chi connectivity index (χ0n) is 14.7. The number of ether oxygens (including phenoxy) is 1. The first-order valence-electron chi connectivity index (χ1n) is 8.68. The number of carbonyl (C=O) groups is 1. The van der Waals surface area contributed by atoms with Crippen LogP contribution in [0.1, 0.15) is 29.3 Å². The van der Waals surface area contributed by atoms with Crippen molar-refractivity contribution in [1.29, 1.82) is 0 Å². The molecule has 1 aromatic heterocycles. The molecule has 0 aliphatic rings. The number of rotatable bonds is 7. The molecule has 26 heavy (non-hydrogen) atoms. The van der Waals surface area contributed by atoms with Crippen molar-refractivity contribution in [3.63, 3.8) is 0 Å². The summed E-state index contributed by atoms with van der Waals surface area (Å²) in [5.41, 5.74) is 3.11. The lowest BCUT2D eigenvalue weighted by Gasteiger charge is -2.02. The van der Waals surface area contributed by atoms with E-state index in [0.29, 0.717) is 24.3 Å². The van der Waals surface area contributed by atoms with Crippen LogP contribution in [0.4, 0.5) is 0 Å². The molecule has 2 aromatic carbocycles. The van der Waals surface area contributed by atoms with Crippen LogP contribution < -0.4 is 5.76 Å². The van der Waals surface area contributed by atoms with Crippen molar-refractivity contribution in [2.75, 3.05) is 6.61 Å². The number of carbonyl (C=O) groups excluding carboxylic acids is 1. The number of hydrogen-bond donors (Lipinski definition) is 0. The van der Waals surface area contributed by atoms with Crippen LogP contribution in [0.25, 0.3) is 11.1 Å². The molecule has 0 N–H and O–H groups in total. The smallest absolute Gasteiger partial charge is 0.419 e. The number of nitrogens with zero attached hydrogens (tertiary/aromatic N) is 1. The Kier molecular flexibility index (Phi) is 5.69. The summed E-state index contributed by atoms with van der Waals surface area (Å²) in [7, 11) is 0. The maximum atomic E-state index is 11.9. The summed E-state index contributed by atoms with van der Waals surface area (Å²) in [5, 5.41) is 0. The van der Waals surface area contributed by atoms with Gasteiger partial charge in [0.25, 0.3) is 0 Å². The van der Waals surface area contributed by atoms with Crippen LogP contribution in [0, 0.1) is 0 Å². The van der Waals surface area contributed by atoms with E-state index >= 15 is 0 Å². The summed E-state index contributed by atoms with van der Waals surface area (Å²) in [6.07, 6.45) is 5.62. The predicted molar refractivity (Wildman–Crippen MR) is 100 cm³/mol. The molecule has 0 amide bonds. The first-order chi connectivity index (χ1) is 12.7. The molecule has 3 aromatic rings. The van der Waals surface area contributed by atoms with E-state index in [9.17, 15) is 9.59 Å². The minimum atomic E-state index is -0.325. The molecule has 0 atom stereocenters. The first-order valence-corrected chi connectivity index (χ1v) is 8.68. The summed E-state index contributed by atoms with van der Waals surface area (Å²) < 4.78 is 11.8. The molecule has 0 saturated carbocycles. The molecular weight excluding hydrogens is 330 g/mol. The van der Waals surface area contributed by atoms with Gasteiger partial charge in [-0.05, 0) is 49.6 Å². The Morgan fingerprint density at radius 3 is 2.65 bits per heavy atom. The van der Waals surface area contributed by atoms with Crippen molar-refractivity contribution in [3.05, 3.63) is 82.4 Å². The number of allylic oxidation sites excluding steroid dienone is 2. The second-order valence-electron chi connectivity index (χ2n) is 5.87. The number of esters is 1. The molecule has 1 heterocycles. The normalized spacial score (nSPS) is 11.3. The van der Waals surface area contributed by atoms with Crippen molar-refractivity contribution in [1.82, 2.24) is 4.57 Å². The topological polar surface area (TPSA) is 61.4 Å². The van der Waals surface area contributed by atoms with Crippen molar-refractivity contribution in [2.45, 2.75) is 26.3 Å². The third kappa shape index (κ3) is 4.11. The van der Waals surface area contributed by atoms with Gasteiger partial charge in [0.1, 0.15) is 0 Å². The fraction of sp³-hybridized carbons (Fsp3) is 0.238. The lowest BCUT2D eigenvalue weighted by molar-refractivity contribution is 0.0526. The SMILES string of the molecule is CCOC(=O)c1ccc(C/C=C/CCn2c(=O)oc3ccccc32)cc1. The molecule has 0 fully saturated rings. The quantitative estimate of drug-likeness (QED) is 0.477. The van der Waals surface area contributed by atoms with Gasteiger partial charge in [-0.25, -0.2) is 9.59 Å². The Balaban J connectivity index is 1.54. The van der Waals surface area contributed by atoms with Crippen molar-refractivity contribution in [3.8, 4) is 0 Å². The highest BCUT2D eigenvalue weighted by Gasteiger charge is 2.07. The molecule has 134 valence electrons. The van der Waals surface area contributed by atoms with Crippen LogP contribution in [0.5, 0.6) is 0 Å². The second kappa shape index (κ2) is 8.34. The molecule has 5 nitrogen and oxygen atoms in total. The summed E-state index contributed by atoms with van der Waals surface area (Å²) in [6.45, 7) is 2.74. The van der Waals surface area contributed by atoms with E-state index in [1.165, 1.54) is 0 Å². The van der Waals surface area contributed by atoms with Gasteiger partial charge in [-0.15, -0.1) is 0 Å². The number of aryl methyl sites for hydroxylation is 1. The van der Waals surface area contributed by atoms with Crippen LogP contribution >= 0.6 is 0 Å². The summed E-state index contributed by atoms with van der Waals surface area (Å²) in [5.74, 6) is -0.624. The second-order valence-corrected chi connectivity index (χ2v) is 5.87. The minimum absolute atomic E-state index is 0.299. The molecule has 5 heteroatoms. The number of hydrogen-bond acceptors (Lipinski definition) is 4. The van der Waals surface area contributed by atoms with Gasteiger partial charge in [-0.1, -0.05) is 36.4 Å². The monoisotopic (exact) mass is 351 g/mol. The highest BCUT2D eigenvalue weighted by atomic mass is 16.5. The highest BCUT2D eigenvalue weighted by Crippen LogP contribution is 2.12. The number of benzene rings is 2. The number of fused-ring (bicyclic) bond motifs is 1. The van der Waals surface area contributed by atoms with Crippen molar-refractivity contribution in [2.24, 2.45) is 0 Å². The fourth-order valence-electron chi connectivity index (χ4n) is 2.76. The Bertz CT molecular complexity index is 964.